The quantitative estimate of drug-likeness (QED) is 0.216. The second kappa shape index (κ2) is 8.81. The number of aryl methyl sites for hydroxylation is 1. The normalized spacial score (nSPS) is 13.4. The van der Waals surface area contributed by atoms with Gasteiger partial charge in [0, 0.05) is 21.9 Å². The van der Waals surface area contributed by atoms with Gasteiger partial charge in [0.1, 0.15) is 0 Å². The Morgan fingerprint density at radius 3 is 1.85 bits per heavy atom. The molecule has 0 saturated heterocycles. The third-order valence-corrected chi connectivity index (χ3v) is 9.09. The SMILES string of the molecule is Cc1ccc(-c2ccc3c(c2)c2cc4c(cc2n3-c2ccc(-c3ccccc3)cc2)C(C)(C)c2ccccc2-4)cc1. The first-order valence-electron chi connectivity index (χ1n) is 14.4. The van der Waals surface area contributed by atoms with Crippen molar-refractivity contribution >= 4 is 21.8 Å². The molecule has 0 saturated carbocycles. The molecule has 6 aromatic carbocycles. The molecule has 0 unspecified atom stereocenters. The molecular weight excluding hydrogens is 494 g/mol. The Balaban J connectivity index is 1.40. The minimum atomic E-state index is -0.0500. The second-order valence-electron chi connectivity index (χ2n) is 11.9. The predicted molar refractivity (Wildman–Crippen MR) is 174 cm³/mol. The number of aromatic nitrogens is 1. The molecule has 1 heterocycles. The van der Waals surface area contributed by atoms with Crippen LogP contribution in [-0.4, -0.2) is 4.57 Å². The van der Waals surface area contributed by atoms with E-state index in [2.05, 4.69) is 159 Å². The third kappa shape index (κ3) is 3.62. The van der Waals surface area contributed by atoms with E-state index < -0.39 is 0 Å². The zero-order valence-electron chi connectivity index (χ0n) is 23.6. The zero-order valence-corrected chi connectivity index (χ0v) is 23.6. The van der Waals surface area contributed by atoms with Gasteiger partial charge in [-0.25, -0.2) is 0 Å². The maximum atomic E-state index is 2.46. The number of hydrogen-bond donors (Lipinski definition) is 0. The standard InChI is InChI=1S/C40H31N/c1-26-13-15-29(16-14-26)30-19-22-38-34(23-30)35-24-33-32-11-7-8-12-36(32)40(2,3)37(33)25-39(35)41(38)31-20-17-28(18-21-31)27-9-5-4-6-10-27/h4-25H,1-3H3. The van der Waals surface area contributed by atoms with Gasteiger partial charge in [-0.2, -0.15) is 0 Å². The van der Waals surface area contributed by atoms with Crippen LogP contribution in [0.15, 0.2) is 133 Å². The van der Waals surface area contributed by atoms with Gasteiger partial charge in [0.25, 0.3) is 0 Å². The van der Waals surface area contributed by atoms with Crippen molar-refractivity contribution in [2.24, 2.45) is 0 Å². The summed E-state index contributed by atoms with van der Waals surface area (Å²) in [6.45, 7) is 6.87. The summed E-state index contributed by atoms with van der Waals surface area (Å²) in [5, 5.41) is 2.59. The van der Waals surface area contributed by atoms with Gasteiger partial charge >= 0.3 is 0 Å². The lowest BCUT2D eigenvalue weighted by Crippen LogP contribution is -2.14. The van der Waals surface area contributed by atoms with Crippen molar-refractivity contribution in [3.63, 3.8) is 0 Å². The average molecular weight is 526 g/mol. The van der Waals surface area contributed by atoms with Crippen molar-refractivity contribution in [2.45, 2.75) is 26.2 Å². The number of fused-ring (bicyclic) bond motifs is 6. The number of benzene rings is 6. The van der Waals surface area contributed by atoms with E-state index >= 15 is 0 Å². The van der Waals surface area contributed by atoms with Crippen molar-refractivity contribution < 1.29 is 0 Å². The highest BCUT2D eigenvalue weighted by Gasteiger charge is 2.36. The maximum absolute atomic E-state index is 2.46. The number of rotatable bonds is 3. The number of hydrogen-bond acceptors (Lipinski definition) is 0. The fourth-order valence-electron chi connectivity index (χ4n) is 6.85. The molecule has 1 aliphatic carbocycles. The monoisotopic (exact) mass is 525 g/mol. The van der Waals surface area contributed by atoms with E-state index in [1.54, 1.807) is 0 Å². The molecule has 41 heavy (non-hydrogen) atoms. The first-order valence-corrected chi connectivity index (χ1v) is 14.4. The van der Waals surface area contributed by atoms with Crippen LogP contribution < -0.4 is 0 Å². The molecule has 1 heteroatoms. The van der Waals surface area contributed by atoms with Gasteiger partial charge < -0.3 is 4.57 Å². The summed E-state index contributed by atoms with van der Waals surface area (Å²) in [4.78, 5) is 0. The molecule has 0 atom stereocenters. The van der Waals surface area contributed by atoms with E-state index in [4.69, 9.17) is 0 Å². The van der Waals surface area contributed by atoms with Gasteiger partial charge in [-0.15, -0.1) is 0 Å². The van der Waals surface area contributed by atoms with Crippen LogP contribution in [-0.2, 0) is 5.41 Å². The van der Waals surface area contributed by atoms with Crippen LogP contribution in [0.1, 0.15) is 30.5 Å². The van der Waals surface area contributed by atoms with Crippen molar-refractivity contribution in [2.75, 3.05) is 0 Å². The molecule has 0 bridgehead atoms. The van der Waals surface area contributed by atoms with Crippen LogP contribution in [0.4, 0.5) is 0 Å². The molecule has 0 N–H and O–H groups in total. The topological polar surface area (TPSA) is 4.93 Å². The first kappa shape index (κ1) is 24.0. The summed E-state index contributed by atoms with van der Waals surface area (Å²) in [5.74, 6) is 0. The highest BCUT2D eigenvalue weighted by atomic mass is 15.0. The zero-order chi connectivity index (χ0) is 27.7. The largest absolute Gasteiger partial charge is 0.309 e. The second-order valence-corrected chi connectivity index (χ2v) is 11.9. The minimum Gasteiger partial charge on any atom is -0.309 e. The molecule has 7 aromatic rings. The predicted octanol–water partition coefficient (Wildman–Crippen LogP) is 10.7. The average Bonchev–Trinajstić information content (AvgIpc) is 3.45. The molecule has 1 aliphatic rings. The molecule has 0 spiro atoms. The molecule has 8 rings (SSSR count). The van der Waals surface area contributed by atoms with Crippen LogP contribution in [0.5, 0.6) is 0 Å². The van der Waals surface area contributed by atoms with Gasteiger partial charge in [0.2, 0.25) is 0 Å². The van der Waals surface area contributed by atoms with Crippen molar-refractivity contribution in [1.29, 1.82) is 0 Å². The first-order chi connectivity index (χ1) is 20.0. The Morgan fingerprint density at radius 2 is 1.07 bits per heavy atom. The van der Waals surface area contributed by atoms with Crippen LogP contribution >= 0.6 is 0 Å². The maximum Gasteiger partial charge on any atom is 0.0544 e. The summed E-state index contributed by atoms with van der Waals surface area (Å²) in [5.41, 5.74) is 15.4. The summed E-state index contributed by atoms with van der Waals surface area (Å²) in [6, 6.07) is 49.3. The Kier molecular flexibility index (Phi) is 5.15. The van der Waals surface area contributed by atoms with Crippen molar-refractivity contribution in [3.05, 3.63) is 150 Å². The summed E-state index contributed by atoms with van der Waals surface area (Å²) in [6.07, 6.45) is 0. The van der Waals surface area contributed by atoms with Gasteiger partial charge in [-0.3, -0.25) is 0 Å². The van der Waals surface area contributed by atoms with Crippen LogP contribution in [0, 0.1) is 6.92 Å². The highest BCUT2D eigenvalue weighted by Crippen LogP contribution is 2.51. The third-order valence-electron chi connectivity index (χ3n) is 9.09. The lowest BCUT2D eigenvalue weighted by atomic mass is 9.82. The smallest absolute Gasteiger partial charge is 0.0544 e. The molecule has 1 nitrogen and oxygen atoms in total. The molecule has 0 amide bonds. The van der Waals surface area contributed by atoms with Crippen LogP contribution in [0.2, 0.25) is 0 Å². The van der Waals surface area contributed by atoms with E-state index in [0.29, 0.717) is 0 Å². The molecule has 1 aromatic heterocycles. The molecule has 0 radical (unpaired) electrons. The van der Waals surface area contributed by atoms with Gasteiger partial charge in [-0.1, -0.05) is 116 Å². The highest BCUT2D eigenvalue weighted by molar-refractivity contribution is 6.12. The Hall–Kier alpha value is -4.88. The van der Waals surface area contributed by atoms with E-state index in [0.717, 1.165) is 0 Å². The van der Waals surface area contributed by atoms with E-state index in [-0.39, 0.29) is 5.41 Å². The lowest BCUT2D eigenvalue weighted by Gasteiger charge is -2.21. The minimum absolute atomic E-state index is 0.0500. The Labute approximate surface area is 241 Å². The van der Waals surface area contributed by atoms with Crippen molar-refractivity contribution in [1.82, 2.24) is 4.57 Å². The Bertz CT molecular complexity index is 2090. The molecule has 196 valence electrons. The summed E-state index contributed by atoms with van der Waals surface area (Å²) in [7, 11) is 0. The molecule has 0 aliphatic heterocycles. The fourth-order valence-corrected chi connectivity index (χ4v) is 6.85. The van der Waals surface area contributed by atoms with Gasteiger partial charge in [0.05, 0.1) is 11.0 Å². The van der Waals surface area contributed by atoms with Gasteiger partial charge in [0.15, 0.2) is 0 Å². The van der Waals surface area contributed by atoms with E-state index in [1.165, 1.54) is 77.6 Å². The Morgan fingerprint density at radius 1 is 0.463 bits per heavy atom. The van der Waals surface area contributed by atoms with E-state index in [9.17, 15) is 0 Å². The van der Waals surface area contributed by atoms with E-state index in [1.807, 2.05) is 0 Å². The number of nitrogens with zero attached hydrogens (tertiary/aromatic N) is 1. The van der Waals surface area contributed by atoms with Gasteiger partial charge in [-0.05, 0) is 87.8 Å². The molecular formula is C40H31N. The fraction of sp³-hybridized carbons (Fsp3) is 0.100. The lowest BCUT2D eigenvalue weighted by molar-refractivity contribution is 0.661. The van der Waals surface area contributed by atoms with Crippen LogP contribution in [0.25, 0.3) is 60.9 Å². The van der Waals surface area contributed by atoms with Crippen LogP contribution in [0.3, 0.4) is 0 Å². The summed E-state index contributed by atoms with van der Waals surface area (Å²) >= 11 is 0. The van der Waals surface area contributed by atoms with Crippen molar-refractivity contribution in [3.8, 4) is 39.1 Å². The molecule has 0 fully saturated rings. The summed E-state index contributed by atoms with van der Waals surface area (Å²) < 4.78 is 2.46.